The van der Waals surface area contributed by atoms with Crippen LogP contribution in [0.2, 0.25) is 0 Å². The molecule has 0 bridgehead atoms. The van der Waals surface area contributed by atoms with Gasteiger partial charge in [0.05, 0.1) is 5.69 Å². The van der Waals surface area contributed by atoms with Gasteiger partial charge in [0.25, 0.3) is 0 Å². The first-order valence-electron chi connectivity index (χ1n) is 4.77. The Morgan fingerprint density at radius 2 is 2.17 bits per heavy atom. The van der Waals surface area contributed by atoms with Crippen molar-refractivity contribution in [1.29, 1.82) is 0 Å². The highest BCUT2D eigenvalue weighted by Crippen LogP contribution is 2.26. The van der Waals surface area contributed by atoms with Crippen LogP contribution in [0.25, 0.3) is 11.3 Å². The van der Waals surface area contributed by atoms with Gasteiger partial charge in [0, 0.05) is 16.2 Å². The minimum absolute atomic E-state index is 0.0127. The fourth-order valence-corrected chi connectivity index (χ4v) is 1.82. The molecule has 18 heavy (non-hydrogen) atoms. The van der Waals surface area contributed by atoms with Crippen LogP contribution in [0.5, 0.6) is 0 Å². The topological polar surface area (TPSA) is 83.0 Å². The molecule has 5 nitrogen and oxygen atoms in total. The van der Waals surface area contributed by atoms with Crippen molar-refractivity contribution >= 4 is 21.9 Å². The van der Waals surface area contributed by atoms with E-state index in [9.17, 15) is 14.0 Å². The molecule has 2 rings (SSSR count). The zero-order chi connectivity index (χ0) is 13.3. The van der Waals surface area contributed by atoms with Crippen LogP contribution in [0.1, 0.15) is 10.4 Å². The largest absolute Gasteiger partial charge is 0.478 e. The van der Waals surface area contributed by atoms with Crippen LogP contribution in [0.3, 0.4) is 0 Å². The summed E-state index contributed by atoms with van der Waals surface area (Å²) in [6, 6.07) is 4.02. The summed E-state index contributed by atoms with van der Waals surface area (Å²) in [4.78, 5) is 27.7. The number of benzene rings is 1. The first-order chi connectivity index (χ1) is 8.49. The Labute approximate surface area is 108 Å². The molecule has 0 atom stereocenters. The minimum Gasteiger partial charge on any atom is -0.478 e. The fraction of sp³-hybridized carbons (Fsp3) is 0. The number of hydrogen-bond donors (Lipinski definition) is 2. The molecule has 1 aromatic carbocycles. The Bertz CT molecular complexity index is 684. The van der Waals surface area contributed by atoms with E-state index in [4.69, 9.17) is 5.11 Å². The third kappa shape index (κ3) is 2.30. The van der Waals surface area contributed by atoms with E-state index in [-0.39, 0.29) is 16.8 Å². The lowest BCUT2D eigenvalue weighted by molar-refractivity contribution is 0.0697. The second-order valence-corrected chi connectivity index (χ2v) is 4.32. The molecular weight excluding hydrogens is 307 g/mol. The lowest BCUT2D eigenvalue weighted by atomic mass is 10.1. The van der Waals surface area contributed by atoms with E-state index >= 15 is 0 Å². The molecule has 2 aromatic rings. The summed E-state index contributed by atoms with van der Waals surface area (Å²) in [6.45, 7) is 0. The number of aromatic carboxylic acids is 1. The predicted molar refractivity (Wildman–Crippen MR) is 64.9 cm³/mol. The molecule has 0 spiro atoms. The second kappa shape index (κ2) is 4.69. The quantitative estimate of drug-likeness (QED) is 0.889. The molecule has 0 unspecified atom stereocenters. The van der Waals surface area contributed by atoms with Gasteiger partial charge in [-0.3, -0.25) is 0 Å². The molecule has 0 radical (unpaired) electrons. The fourth-order valence-electron chi connectivity index (χ4n) is 1.46. The van der Waals surface area contributed by atoms with Crippen molar-refractivity contribution in [1.82, 2.24) is 9.97 Å². The molecule has 0 saturated heterocycles. The monoisotopic (exact) mass is 312 g/mol. The second-order valence-electron chi connectivity index (χ2n) is 3.41. The number of carboxylic acid groups (broad SMARTS) is 1. The van der Waals surface area contributed by atoms with Gasteiger partial charge in [0.15, 0.2) is 0 Å². The highest BCUT2D eigenvalue weighted by atomic mass is 79.9. The number of carbonyl (C=O) groups is 1. The van der Waals surface area contributed by atoms with Gasteiger partial charge in [-0.1, -0.05) is 15.9 Å². The van der Waals surface area contributed by atoms with Gasteiger partial charge in [0.2, 0.25) is 0 Å². The molecule has 0 aliphatic heterocycles. The van der Waals surface area contributed by atoms with Crippen molar-refractivity contribution in [2.24, 2.45) is 0 Å². The van der Waals surface area contributed by atoms with Crippen LogP contribution in [-0.2, 0) is 0 Å². The molecule has 7 heteroatoms. The van der Waals surface area contributed by atoms with E-state index in [2.05, 4.69) is 25.9 Å². The number of carboxylic acids is 1. The molecule has 1 heterocycles. The minimum atomic E-state index is -1.30. The molecule has 0 saturated carbocycles. The number of hydrogen-bond acceptors (Lipinski definition) is 3. The lowest BCUT2D eigenvalue weighted by Gasteiger charge is -2.06. The summed E-state index contributed by atoms with van der Waals surface area (Å²) in [5.41, 5.74) is -1.14. The number of rotatable bonds is 2. The third-order valence-electron chi connectivity index (χ3n) is 2.24. The average molecular weight is 313 g/mol. The van der Waals surface area contributed by atoms with Crippen molar-refractivity contribution in [3.63, 3.8) is 0 Å². The summed E-state index contributed by atoms with van der Waals surface area (Å²) >= 11 is 3.15. The van der Waals surface area contributed by atoms with Gasteiger partial charge in [-0.2, -0.15) is 0 Å². The Balaban J connectivity index is 2.77. The van der Waals surface area contributed by atoms with E-state index in [0.29, 0.717) is 4.47 Å². The summed E-state index contributed by atoms with van der Waals surface area (Å²) in [5.74, 6) is -1.93. The van der Waals surface area contributed by atoms with Gasteiger partial charge < -0.3 is 10.1 Å². The van der Waals surface area contributed by atoms with Crippen LogP contribution in [0.4, 0.5) is 4.39 Å². The maximum Gasteiger partial charge on any atom is 0.345 e. The Hall–Kier alpha value is -2.02. The Kier molecular flexibility index (Phi) is 3.24. The van der Waals surface area contributed by atoms with Crippen LogP contribution in [-0.4, -0.2) is 21.0 Å². The maximum absolute atomic E-state index is 13.7. The first-order valence-corrected chi connectivity index (χ1v) is 5.56. The van der Waals surface area contributed by atoms with E-state index in [1.807, 2.05) is 0 Å². The SMILES string of the molecule is O=C(O)c1cnc(=O)[nH]c1-c1cc(Br)ccc1F. The molecule has 0 aliphatic carbocycles. The van der Waals surface area contributed by atoms with Crippen molar-refractivity contribution in [2.75, 3.05) is 0 Å². The normalized spacial score (nSPS) is 10.3. The van der Waals surface area contributed by atoms with E-state index in [0.717, 1.165) is 6.20 Å². The van der Waals surface area contributed by atoms with Crippen LogP contribution in [0.15, 0.2) is 33.7 Å². The number of halogens is 2. The first kappa shape index (κ1) is 12.4. The zero-order valence-electron chi connectivity index (χ0n) is 8.78. The Morgan fingerprint density at radius 1 is 1.44 bits per heavy atom. The maximum atomic E-state index is 13.7. The highest BCUT2D eigenvalue weighted by Gasteiger charge is 2.16. The van der Waals surface area contributed by atoms with Crippen LogP contribution >= 0.6 is 15.9 Å². The lowest BCUT2D eigenvalue weighted by Crippen LogP contribution is -2.15. The van der Waals surface area contributed by atoms with E-state index in [1.54, 1.807) is 0 Å². The predicted octanol–water partition coefficient (Wildman–Crippen LogP) is 2.04. The smallest absolute Gasteiger partial charge is 0.345 e. The summed E-state index contributed by atoms with van der Waals surface area (Å²) in [7, 11) is 0. The third-order valence-corrected chi connectivity index (χ3v) is 2.73. The van der Waals surface area contributed by atoms with Gasteiger partial charge >= 0.3 is 11.7 Å². The van der Waals surface area contributed by atoms with Crippen molar-refractivity contribution in [3.05, 3.63) is 50.7 Å². The Morgan fingerprint density at radius 3 is 2.83 bits per heavy atom. The van der Waals surface area contributed by atoms with E-state index in [1.165, 1.54) is 18.2 Å². The standard InChI is InChI=1S/C11H6BrFN2O3/c12-5-1-2-8(13)6(3-5)9-7(10(16)17)4-14-11(18)15-9/h1-4H,(H,16,17)(H,14,15,18). The van der Waals surface area contributed by atoms with Crippen molar-refractivity contribution in [2.45, 2.75) is 0 Å². The number of nitrogens with one attached hydrogen (secondary N) is 1. The van der Waals surface area contributed by atoms with Crippen LogP contribution in [0, 0.1) is 5.82 Å². The molecule has 0 amide bonds. The number of H-pyrrole nitrogens is 1. The van der Waals surface area contributed by atoms with E-state index < -0.39 is 17.5 Å². The van der Waals surface area contributed by atoms with Crippen molar-refractivity contribution in [3.8, 4) is 11.3 Å². The zero-order valence-corrected chi connectivity index (χ0v) is 10.4. The number of aromatic nitrogens is 2. The molecule has 0 aliphatic rings. The van der Waals surface area contributed by atoms with Crippen molar-refractivity contribution < 1.29 is 14.3 Å². The van der Waals surface area contributed by atoms with Gasteiger partial charge in [-0.15, -0.1) is 0 Å². The molecule has 92 valence electrons. The summed E-state index contributed by atoms with van der Waals surface area (Å²) < 4.78 is 14.2. The highest BCUT2D eigenvalue weighted by molar-refractivity contribution is 9.10. The number of aromatic amines is 1. The summed E-state index contributed by atoms with van der Waals surface area (Å²) in [6.07, 6.45) is 0.900. The van der Waals surface area contributed by atoms with Crippen LogP contribution < -0.4 is 5.69 Å². The average Bonchev–Trinajstić information content (AvgIpc) is 2.31. The molecule has 0 fully saturated rings. The molecule has 2 N–H and O–H groups in total. The van der Waals surface area contributed by atoms with Gasteiger partial charge in [-0.05, 0) is 18.2 Å². The summed E-state index contributed by atoms with van der Waals surface area (Å²) in [5, 5.41) is 8.98. The van der Waals surface area contributed by atoms with Gasteiger partial charge in [0.1, 0.15) is 11.4 Å². The number of nitrogens with zero attached hydrogens (tertiary/aromatic N) is 1. The molecule has 1 aromatic heterocycles. The van der Waals surface area contributed by atoms with Gasteiger partial charge in [-0.25, -0.2) is 19.0 Å². The molecular formula is C11H6BrFN2O3.